The Morgan fingerprint density at radius 3 is 2.42 bits per heavy atom. The standard InChI is InChI=1S/C7H13BN2O2/c1-4-10-6-7(5-9)8(11-2)12-3/h4-6H,1,9H2,2-3H3/b7-5+,10-6?. The first-order chi connectivity index (χ1) is 5.79. The van der Waals surface area contributed by atoms with Crippen LogP contribution in [0.4, 0.5) is 0 Å². The highest BCUT2D eigenvalue weighted by molar-refractivity contribution is 6.59. The lowest BCUT2D eigenvalue weighted by molar-refractivity contribution is 0.289. The van der Waals surface area contributed by atoms with Crippen LogP contribution in [0.15, 0.2) is 29.4 Å². The lowest BCUT2D eigenvalue weighted by atomic mass is 9.79. The Hall–Kier alpha value is -1.07. The number of nitrogens with zero attached hydrogens (tertiary/aromatic N) is 1. The average Bonchev–Trinajstić information content (AvgIpc) is 2.12. The van der Waals surface area contributed by atoms with Gasteiger partial charge in [-0.25, -0.2) is 0 Å². The van der Waals surface area contributed by atoms with Gasteiger partial charge in [-0.05, 0) is 6.20 Å². The number of aliphatic imine (C=N–C) groups is 1. The molecule has 0 spiro atoms. The minimum Gasteiger partial charge on any atom is -0.410 e. The molecule has 66 valence electrons. The highest BCUT2D eigenvalue weighted by Crippen LogP contribution is 1.98. The molecule has 0 fully saturated rings. The molecule has 2 N–H and O–H groups in total. The zero-order chi connectivity index (χ0) is 9.40. The van der Waals surface area contributed by atoms with Gasteiger partial charge < -0.3 is 15.0 Å². The Morgan fingerprint density at radius 2 is 2.08 bits per heavy atom. The third-order valence-corrected chi connectivity index (χ3v) is 1.22. The second-order valence-corrected chi connectivity index (χ2v) is 1.93. The lowest BCUT2D eigenvalue weighted by Crippen LogP contribution is -2.24. The van der Waals surface area contributed by atoms with Crippen molar-refractivity contribution in [3.8, 4) is 0 Å². The summed E-state index contributed by atoms with van der Waals surface area (Å²) in [5.74, 6) is 0. The summed E-state index contributed by atoms with van der Waals surface area (Å²) in [6.45, 7) is 3.43. The smallest absolute Gasteiger partial charge is 0.410 e. The molecule has 0 bridgehead atoms. The molecular weight excluding hydrogens is 155 g/mol. The van der Waals surface area contributed by atoms with Crippen LogP contribution < -0.4 is 5.73 Å². The summed E-state index contributed by atoms with van der Waals surface area (Å²) in [7, 11) is 2.58. The third-order valence-electron chi connectivity index (χ3n) is 1.22. The van der Waals surface area contributed by atoms with Crippen LogP contribution in [0.25, 0.3) is 0 Å². The Bertz CT molecular complexity index is 188. The number of nitrogens with two attached hydrogens (primary N) is 1. The second kappa shape index (κ2) is 6.63. The van der Waals surface area contributed by atoms with Crippen molar-refractivity contribution in [3.63, 3.8) is 0 Å². The van der Waals surface area contributed by atoms with Crippen LogP contribution in [-0.2, 0) is 9.31 Å². The largest absolute Gasteiger partial charge is 0.496 e. The van der Waals surface area contributed by atoms with Crippen molar-refractivity contribution in [2.24, 2.45) is 10.7 Å². The molecule has 0 radical (unpaired) electrons. The van der Waals surface area contributed by atoms with E-state index in [1.165, 1.54) is 32.8 Å². The second-order valence-electron chi connectivity index (χ2n) is 1.93. The average molecular weight is 168 g/mol. The SMILES string of the molecule is C=CN=C/C(=C\N)B(OC)OC. The Labute approximate surface area is 72.9 Å². The minimum atomic E-state index is -0.473. The van der Waals surface area contributed by atoms with Gasteiger partial charge in [-0.3, -0.25) is 4.99 Å². The monoisotopic (exact) mass is 168 g/mol. The first kappa shape index (κ1) is 10.9. The van der Waals surface area contributed by atoms with Crippen LogP contribution in [0.3, 0.4) is 0 Å². The maximum atomic E-state index is 5.32. The van der Waals surface area contributed by atoms with Gasteiger partial charge in [0.1, 0.15) is 0 Å². The van der Waals surface area contributed by atoms with Crippen molar-refractivity contribution >= 4 is 13.3 Å². The summed E-state index contributed by atoms with van der Waals surface area (Å²) in [6, 6.07) is 0. The van der Waals surface area contributed by atoms with E-state index in [1.54, 1.807) is 0 Å². The number of hydrogen-bond donors (Lipinski definition) is 1. The molecule has 0 aliphatic heterocycles. The third kappa shape index (κ3) is 3.36. The normalized spacial score (nSPS) is 12.0. The molecule has 0 amide bonds. The van der Waals surface area contributed by atoms with E-state index in [-0.39, 0.29) is 0 Å². The molecule has 0 heterocycles. The van der Waals surface area contributed by atoms with Gasteiger partial charge in [0.2, 0.25) is 0 Å². The van der Waals surface area contributed by atoms with Gasteiger partial charge in [-0.15, -0.1) is 0 Å². The van der Waals surface area contributed by atoms with Crippen LogP contribution in [0.1, 0.15) is 0 Å². The molecule has 5 heteroatoms. The van der Waals surface area contributed by atoms with Crippen LogP contribution in [0.5, 0.6) is 0 Å². The molecule has 0 saturated carbocycles. The molecule has 12 heavy (non-hydrogen) atoms. The quantitative estimate of drug-likeness (QED) is 0.476. The summed E-state index contributed by atoms with van der Waals surface area (Å²) < 4.78 is 9.91. The van der Waals surface area contributed by atoms with Gasteiger partial charge in [0.25, 0.3) is 0 Å². The fourth-order valence-electron chi connectivity index (χ4n) is 0.690. The van der Waals surface area contributed by atoms with Gasteiger partial charge in [0, 0.05) is 32.1 Å². The predicted octanol–water partition coefficient (Wildman–Crippen LogP) is 0.363. The number of hydrogen-bond acceptors (Lipinski definition) is 4. The molecule has 0 aliphatic rings. The van der Waals surface area contributed by atoms with Gasteiger partial charge in [0.05, 0.1) is 0 Å². The van der Waals surface area contributed by atoms with Crippen LogP contribution in [0, 0.1) is 0 Å². The van der Waals surface area contributed by atoms with Crippen molar-refractivity contribution in [2.45, 2.75) is 0 Å². The Morgan fingerprint density at radius 1 is 1.50 bits per heavy atom. The maximum Gasteiger partial charge on any atom is 0.496 e. The van der Waals surface area contributed by atoms with E-state index >= 15 is 0 Å². The molecule has 0 atom stereocenters. The molecule has 0 aromatic heterocycles. The van der Waals surface area contributed by atoms with E-state index < -0.39 is 7.12 Å². The van der Waals surface area contributed by atoms with Crippen LogP contribution in [0.2, 0.25) is 0 Å². The van der Waals surface area contributed by atoms with Crippen molar-refractivity contribution in [3.05, 3.63) is 24.5 Å². The molecule has 0 aromatic rings. The fraction of sp³-hybridized carbons (Fsp3) is 0.286. The summed E-state index contributed by atoms with van der Waals surface area (Å²) in [5, 5.41) is 0. The molecular formula is C7H13BN2O2. The Kier molecular flexibility index (Phi) is 6.04. The van der Waals surface area contributed by atoms with Crippen molar-refractivity contribution in [1.82, 2.24) is 0 Å². The van der Waals surface area contributed by atoms with Gasteiger partial charge in [-0.1, -0.05) is 6.58 Å². The first-order valence-electron chi connectivity index (χ1n) is 3.41. The Balaban J connectivity index is 4.32. The summed E-state index contributed by atoms with van der Waals surface area (Å²) in [4.78, 5) is 3.79. The van der Waals surface area contributed by atoms with Crippen molar-refractivity contribution in [2.75, 3.05) is 14.2 Å². The van der Waals surface area contributed by atoms with Gasteiger partial charge in [-0.2, -0.15) is 0 Å². The number of rotatable bonds is 5. The molecule has 0 aliphatic carbocycles. The van der Waals surface area contributed by atoms with Gasteiger partial charge in [0.15, 0.2) is 0 Å². The van der Waals surface area contributed by atoms with E-state index in [2.05, 4.69) is 11.6 Å². The topological polar surface area (TPSA) is 56.8 Å². The summed E-state index contributed by atoms with van der Waals surface area (Å²) in [6.07, 6.45) is 4.32. The molecule has 4 nitrogen and oxygen atoms in total. The van der Waals surface area contributed by atoms with E-state index in [0.717, 1.165) is 0 Å². The van der Waals surface area contributed by atoms with Crippen LogP contribution in [-0.4, -0.2) is 27.6 Å². The number of allylic oxidation sites excluding steroid dienone is 1. The fourth-order valence-corrected chi connectivity index (χ4v) is 0.690. The van der Waals surface area contributed by atoms with E-state index in [0.29, 0.717) is 5.47 Å². The summed E-state index contributed by atoms with van der Waals surface area (Å²) >= 11 is 0. The van der Waals surface area contributed by atoms with Crippen LogP contribution >= 0.6 is 0 Å². The summed E-state index contributed by atoms with van der Waals surface area (Å²) in [5.41, 5.74) is 5.97. The zero-order valence-electron chi connectivity index (χ0n) is 7.36. The predicted molar refractivity (Wildman–Crippen MR) is 50.7 cm³/mol. The molecule has 0 rings (SSSR count). The van der Waals surface area contributed by atoms with E-state index in [4.69, 9.17) is 15.0 Å². The minimum absolute atomic E-state index is 0.473. The van der Waals surface area contributed by atoms with Crippen molar-refractivity contribution < 1.29 is 9.31 Å². The molecule has 0 unspecified atom stereocenters. The zero-order valence-corrected chi connectivity index (χ0v) is 7.36. The lowest BCUT2D eigenvalue weighted by Gasteiger charge is -2.07. The maximum absolute atomic E-state index is 5.32. The molecule has 0 saturated heterocycles. The van der Waals surface area contributed by atoms with Gasteiger partial charge >= 0.3 is 7.12 Å². The molecule has 0 aromatic carbocycles. The van der Waals surface area contributed by atoms with E-state index in [9.17, 15) is 0 Å². The van der Waals surface area contributed by atoms with E-state index in [1.807, 2.05) is 0 Å². The van der Waals surface area contributed by atoms with Crippen molar-refractivity contribution in [1.29, 1.82) is 0 Å². The highest BCUT2D eigenvalue weighted by Gasteiger charge is 2.18. The first-order valence-corrected chi connectivity index (χ1v) is 3.41. The highest BCUT2D eigenvalue weighted by atomic mass is 16.6.